The maximum absolute atomic E-state index is 10.7. The number of rotatable bonds is 1. The van der Waals surface area contributed by atoms with Gasteiger partial charge in [0.25, 0.3) is 0 Å². The molecule has 0 saturated heterocycles. The van der Waals surface area contributed by atoms with Crippen LogP contribution in [0.1, 0.15) is 20.4 Å². The Morgan fingerprint density at radius 3 is 2.93 bits per heavy atom. The molecule has 2 rings (SSSR count). The molecule has 4 nitrogen and oxygen atoms in total. The first-order chi connectivity index (χ1) is 6.66. The lowest BCUT2D eigenvalue weighted by molar-refractivity contribution is 0.0696. The second kappa shape index (κ2) is 3.67. The fourth-order valence-corrected chi connectivity index (χ4v) is 2.50. The van der Waals surface area contributed by atoms with E-state index in [-0.39, 0.29) is 5.01 Å². The van der Waals surface area contributed by atoms with Gasteiger partial charge in [-0.15, -0.1) is 11.3 Å². The molecule has 0 aliphatic carbocycles. The largest absolute Gasteiger partial charge is 0.476 e. The standard InChI is InChI=1S/C9H12N2O2S/c1-11-4-2-6-7(3-5-11)14-8(10-6)9(12)13/h2-5H2,1H3,(H,12,13). The number of nitrogens with zero attached hydrogens (tertiary/aromatic N) is 2. The summed E-state index contributed by atoms with van der Waals surface area (Å²) < 4.78 is 0. The first-order valence-corrected chi connectivity index (χ1v) is 5.39. The molecule has 0 bridgehead atoms. The normalized spacial score (nSPS) is 17.5. The van der Waals surface area contributed by atoms with Gasteiger partial charge in [0.2, 0.25) is 5.01 Å². The SMILES string of the molecule is CN1CCc2nc(C(=O)O)sc2CC1. The van der Waals surface area contributed by atoms with E-state index in [1.807, 2.05) is 0 Å². The van der Waals surface area contributed by atoms with Crippen LogP contribution in [0.3, 0.4) is 0 Å². The van der Waals surface area contributed by atoms with Gasteiger partial charge in [-0.3, -0.25) is 0 Å². The van der Waals surface area contributed by atoms with Crippen molar-refractivity contribution in [2.45, 2.75) is 12.8 Å². The van der Waals surface area contributed by atoms with Gasteiger partial charge in [-0.1, -0.05) is 0 Å². The molecule has 14 heavy (non-hydrogen) atoms. The maximum Gasteiger partial charge on any atom is 0.365 e. The number of carbonyl (C=O) groups is 1. The molecule has 1 aromatic rings. The van der Waals surface area contributed by atoms with Crippen LogP contribution < -0.4 is 0 Å². The molecule has 0 spiro atoms. The average molecular weight is 212 g/mol. The van der Waals surface area contributed by atoms with Crippen molar-refractivity contribution in [3.05, 3.63) is 15.6 Å². The molecule has 0 amide bonds. The van der Waals surface area contributed by atoms with Crippen LogP contribution in [-0.2, 0) is 12.8 Å². The lowest BCUT2D eigenvalue weighted by atomic mass is 10.2. The molecule has 0 unspecified atom stereocenters. The van der Waals surface area contributed by atoms with Crippen molar-refractivity contribution in [3.8, 4) is 0 Å². The summed E-state index contributed by atoms with van der Waals surface area (Å²) in [6.07, 6.45) is 1.80. The molecule has 0 fully saturated rings. The van der Waals surface area contributed by atoms with Crippen LogP contribution in [0.4, 0.5) is 0 Å². The van der Waals surface area contributed by atoms with Gasteiger partial charge in [0.15, 0.2) is 0 Å². The van der Waals surface area contributed by atoms with E-state index in [9.17, 15) is 4.79 Å². The molecule has 0 aromatic carbocycles. The Hall–Kier alpha value is -0.940. The monoisotopic (exact) mass is 212 g/mol. The molecule has 1 aliphatic rings. The third-order valence-electron chi connectivity index (χ3n) is 2.41. The van der Waals surface area contributed by atoms with Crippen LogP contribution in [0, 0.1) is 0 Å². The number of aromatic carboxylic acids is 1. The van der Waals surface area contributed by atoms with Gasteiger partial charge in [-0.05, 0) is 13.5 Å². The predicted octanol–water partition coefficient (Wildman–Crippen LogP) is 0.872. The predicted molar refractivity (Wildman–Crippen MR) is 54.0 cm³/mol. The zero-order valence-corrected chi connectivity index (χ0v) is 8.80. The van der Waals surface area contributed by atoms with Crippen molar-refractivity contribution in [1.82, 2.24) is 9.88 Å². The Labute approximate surface area is 86.2 Å². The van der Waals surface area contributed by atoms with E-state index in [4.69, 9.17) is 5.11 Å². The number of likely N-dealkylation sites (N-methyl/N-ethyl adjacent to an activating group) is 1. The van der Waals surface area contributed by atoms with E-state index < -0.39 is 5.97 Å². The zero-order chi connectivity index (χ0) is 10.1. The van der Waals surface area contributed by atoms with Gasteiger partial charge in [-0.25, -0.2) is 9.78 Å². The van der Waals surface area contributed by atoms with Gasteiger partial charge < -0.3 is 10.0 Å². The smallest absolute Gasteiger partial charge is 0.365 e. The van der Waals surface area contributed by atoms with Crippen molar-refractivity contribution in [3.63, 3.8) is 0 Å². The average Bonchev–Trinajstić information content (AvgIpc) is 2.48. The summed E-state index contributed by atoms with van der Waals surface area (Å²) in [5.74, 6) is -0.906. The Bertz CT molecular complexity index is 336. The van der Waals surface area contributed by atoms with Crippen molar-refractivity contribution in [2.24, 2.45) is 0 Å². The minimum atomic E-state index is -0.906. The number of fused-ring (bicyclic) bond motifs is 1. The third kappa shape index (κ3) is 1.78. The molecular weight excluding hydrogens is 200 g/mol. The molecule has 5 heteroatoms. The van der Waals surface area contributed by atoms with Crippen molar-refractivity contribution < 1.29 is 9.90 Å². The summed E-state index contributed by atoms with van der Waals surface area (Å²) in [6.45, 7) is 1.96. The quantitative estimate of drug-likeness (QED) is 0.750. The van der Waals surface area contributed by atoms with Gasteiger partial charge in [-0.2, -0.15) is 0 Å². The van der Waals surface area contributed by atoms with Gasteiger partial charge in [0.1, 0.15) is 0 Å². The molecule has 0 radical (unpaired) electrons. The summed E-state index contributed by atoms with van der Waals surface area (Å²) in [7, 11) is 2.08. The number of hydrogen-bond donors (Lipinski definition) is 1. The van der Waals surface area contributed by atoms with Crippen molar-refractivity contribution in [1.29, 1.82) is 0 Å². The second-order valence-corrected chi connectivity index (χ2v) is 4.58. The Morgan fingerprint density at radius 2 is 2.21 bits per heavy atom. The third-order valence-corrected chi connectivity index (χ3v) is 3.56. The van der Waals surface area contributed by atoms with E-state index in [1.54, 1.807) is 0 Å². The number of aromatic nitrogens is 1. The molecule has 0 saturated carbocycles. The van der Waals surface area contributed by atoms with Crippen LogP contribution in [-0.4, -0.2) is 41.1 Å². The maximum atomic E-state index is 10.7. The number of thiazole rings is 1. The van der Waals surface area contributed by atoms with E-state index in [2.05, 4.69) is 16.9 Å². The van der Waals surface area contributed by atoms with Crippen LogP contribution in [0.15, 0.2) is 0 Å². The summed E-state index contributed by atoms with van der Waals surface area (Å²) in [4.78, 5) is 18.2. The van der Waals surface area contributed by atoms with E-state index >= 15 is 0 Å². The number of carboxylic acids is 1. The lowest BCUT2D eigenvalue weighted by Crippen LogP contribution is -2.21. The molecule has 76 valence electrons. The molecule has 2 heterocycles. The summed E-state index contributed by atoms with van der Waals surface area (Å²) in [5.41, 5.74) is 0.983. The summed E-state index contributed by atoms with van der Waals surface area (Å²) in [5, 5.41) is 9.03. The number of hydrogen-bond acceptors (Lipinski definition) is 4. The highest BCUT2D eigenvalue weighted by Crippen LogP contribution is 2.22. The molecule has 0 atom stereocenters. The van der Waals surface area contributed by atoms with Crippen LogP contribution in [0.25, 0.3) is 0 Å². The Kier molecular flexibility index (Phi) is 2.52. The molecule has 1 N–H and O–H groups in total. The Morgan fingerprint density at radius 1 is 1.50 bits per heavy atom. The molecule has 1 aliphatic heterocycles. The first kappa shape index (κ1) is 9.61. The zero-order valence-electron chi connectivity index (χ0n) is 7.99. The highest BCUT2D eigenvalue weighted by atomic mass is 32.1. The molecule has 1 aromatic heterocycles. The minimum Gasteiger partial charge on any atom is -0.476 e. The summed E-state index contributed by atoms with van der Waals surface area (Å²) in [6, 6.07) is 0. The van der Waals surface area contributed by atoms with Gasteiger partial charge in [0, 0.05) is 24.4 Å². The molecular formula is C9H12N2O2S. The minimum absolute atomic E-state index is 0.236. The second-order valence-electron chi connectivity index (χ2n) is 3.50. The Balaban J connectivity index is 2.26. The van der Waals surface area contributed by atoms with E-state index in [1.165, 1.54) is 11.3 Å². The lowest BCUT2D eigenvalue weighted by Gasteiger charge is -2.10. The van der Waals surface area contributed by atoms with E-state index in [0.717, 1.165) is 36.5 Å². The highest BCUT2D eigenvalue weighted by Gasteiger charge is 2.18. The van der Waals surface area contributed by atoms with Crippen molar-refractivity contribution >= 4 is 17.3 Å². The first-order valence-electron chi connectivity index (χ1n) is 4.57. The highest BCUT2D eigenvalue weighted by molar-refractivity contribution is 7.13. The van der Waals surface area contributed by atoms with Crippen LogP contribution in [0.5, 0.6) is 0 Å². The fourth-order valence-electron chi connectivity index (χ4n) is 1.57. The topological polar surface area (TPSA) is 53.4 Å². The van der Waals surface area contributed by atoms with Crippen LogP contribution in [0.2, 0.25) is 0 Å². The van der Waals surface area contributed by atoms with Crippen molar-refractivity contribution in [2.75, 3.05) is 20.1 Å². The fraction of sp³-hybridized carbons (Fsp3) is 0.556. The van der Waals surface area contributed by atoms with Crippen LogP contribution >= 0.6 is 11.3 Å². The van der Waals surface area contributed by atoms with E-state index in [0.29, 0.717) is 0 Å². The number of carboxylic acid groups (broad SMARTS) is 1. The summed E-state index contributed by atoms with van der Waals surface area (Å²) >= 11 is 1.32. The van der Waals surface area contributed by atoms with Gasteiger partial charge in [0.05, 0.1) is 5.69 Å². The van der Waals surface area contributed by atoms with Gasteiger partial charge >= 0.3 is 5.97 Å².